The van der Waals surface area contributed by atoms with Gasteiger partial charge < -0.3 is 19.9 Å². The van der Waals surface area contributed by atoms with E-state index in [0.717, 1.165) is 5.75 Å². The van der Waals surface area contributed by atoms with E-state index in [0.29, 0.717) is 26.0 Å². The molecule has 0 heterocycles. The molecule has 0 bridgehead atoms. The van der Waals surface area contributed by atoms with Gasteiger partial charge in [0.25, 0.3) is 0 Å². The molecule has 116 valence electrons. The minimum absolute atomic E-state index is 0.0959. The van der Waals surface area contributed by atoms with Gasteiger partial charge in [0.15, 0.2) is 0 Å². The molecule has 0 saturated carbocycles. The van der Waals surface area contributed by atoms with E-state index >= 15 is 0 Å². The standard InChI is InChI=1S/C15H21NO5/c1-12-4-6-13(7-5-12)21-9-2-3-14(17)16-8-10-20-11-15(18)19/h4-7H,2-3,8-11H2,1H3,(H,16,17)(H,18,19). The van der Waals surface area contributed by atoms with Gasteiger partial charge in [-0.2, -0.15) is 0 Å². The molecule has 6 heteroatoms. The Morgan fingerprint density at radius 3 is 2.57 bits per heavy atom. The van der Waals surface area contributed by atoms with Crippen LogP contribution in [0.25, 0.3) is 0 Å². The summed E-state index contributed by atoms with van der Waals surface area (Å²) in [6, 6.07) is 7.74. The number of hydrogen-bond donors (Lipinski definition) is 2. The highest BCUT2D eigenvalue weighted by Crippen LogP contribution is 2.11. The zero-order valence-corrected chi connectivity index (χ0v) is 12.1. The lowest BCUT2D eigenvalue weighted by molar-refractivity contribution is -0.142. The maximum atomic E-state index is 11.5. The minimum Gasteiger partial charge on any atom is -0.494 e. The van der Waals surface area contributed by atoms with Crippen molar-refractivity contribution in [3.63, 3.8) is 0 Å². The molecule has 0 fully saturated rings. The fraction of sp³-hybridized carbons (Fsp3) is 0.467. The van der Waals surface area contributed by atoms with Crippen LogP contribution in [-0.4, -0.2) is 43.3 Å². The van der Waals surface area contributed by atoms with Gasteiger partial charge in [-0.3, -0.25) is 4.79 Å². The summed E-state index contributed by atoms with van der Waals surface area (Å²) in [4.78, 5) is 21.6. The highest BCUT2D eigenvalue weighted by molar-refractivity contribution is 5.75. The Balaban J connectivity index is 2.00. The van der Waals surface area contributed by atoms with Crippen molar-refractivity contribution in [1.82, 2.24) is 5.32 Å². The Morgan fingerprint density at radius 2 is 1.90 bits per heavy atom. The van der Waals surface area contributed by atoms with Gasteiger partial charge >= 0.3 is 5.97 Å². The molecule has 0 aromatic heterocycles. The Morgan fingerprint density at radius 1 is 1.19 bits per heavy atom. The largest absolute Gasteiger partial charge is 0.494 e. The zero-order chi connectivity index (χ0) is 15.5. The Kier molecular flexibility index (Phi) is 7.89. The Hall–Kier alpha value is -2.08. The van der Waals surface area contributed by atoms with E-state index in [4.69, 9.17) is 14.6 Å². The lowest BCUT2D eigenvalue weighted by atomic mass is 10.2. The molecule has 2 N–H and O–H groups in total. The highest BCUT2D eigenvalue weighted by atomic mass is 16.5. The van der Waals surface area contributed by atoms with Crippen molar-refractivity contribution in [1.29, 1.82) is 0 Å². The number of hydrogen-bond acceptors (Lipinski definition) is 4. The van der Waals surface area contributed by atoms with Crippen molar-refractivity contribution in [3.8, 4) is 5.75 Å². The van der Waals surface area contributed by atoms with Crippen LogP contribution in [0.5, 0.6) is 5.75 Å². The van der Waals surface area contributed by atoms with Gasteiger partial charge in [0.05, 0.1) is 13.2 Å². The minimum atomic E-state index is -1.02. The van der Waals surface area contributed by atoms with Gasteiger partial charge in [0.2, 0.25) is 5.91 Å². The Labute approximate surface area is 124 Å². The van der Waals surface area contributed by atoms with Crippen LogP contribution in [0.3, 0.4) is 0 Å². The topological polar surface area (TPSA) is 84.9 Å². The van der Waals surface area contributed by atoms with Crippen LogP contribution in [-0.2, 0) is 14.3 Å². The molecule has 0 unspecified atom stereocenters. The predicted molar refractivity (Wildman–Crippen MR) is 77.4 cm³/mol. The van der Waals surface area contributed by atoms with Gasteiger partial charge in [-0.15, -0.1) is 0 Å². The molecular formula is C15H21NO5. The van der Waals surface area contributed by atoms with Crippen molar-refractivity contribution in [2.75, 3.05) is 26.4 Å². The number of nitrogens with one attached hydrogen (secondary N) is 1. The van der Waals surface area contributed by atoms with E-state index in [1.54, 1.807) is 0 Å². The van der Waals surface area contributed by atoms with E-state index in [9.17, 15) is 9.59 Å². The predicted octanol–water partition coefficient (Wildman–Crippen LogP) is 1.37. The first-order valence-electron chi connectivity index (χ1n) is 6.83. The summed E-state index contributed by atoms with van der Waals surface area (Å²) in [5.41, 5.74) is 1.17. The number of aliphatic carboxylic acids is 1. The molecule has 21 heavy (non-hydrogen) atoms. The lowest BCUT2D eigenvalue weighted by Gasteiger charge is -2.07. The average molecular weight is 295 g/mol. The highest BCUT2D eigenvalue weighted by Gasteiger charge is 2.02. The second kappa shape index (κ2) is 9.77. The van der Waals surface area contributed by atoms with Crippen molar-refractivity contribution in [3.05, 3.63) is 29.8 Å². The third-order valence-corrected chi connectivity index (χ3v) is 2.63. The molecule has 0 aliphatic carbocycles. The fourth-order valence-corrected chi connectivity index (χ4v) is 1.57. The van der Waals surface area contributed by atoms with Crippen LogP contribution in [0.15, 0.2) is 24.3 Å². The first kappa shape index (κ1) is 17.0. The second-order valence-electron chi connectivity index (χ2n) is 4.56. The van der Waals surface area contributed by atoms with E-state index in [1.807, 2.05) is 31.2 Å². The van der Waals surface area contributed by atoms with Crippen LogP contribution >= 0.6 is 0 Å². The number of carbonyl (C=O) groups excluding carboxylic acids is 1. The molecule has 6 nitrogen and oxygen atoms in total. The van der Waals surface area contributed by atoms with Crippen molar-refractivity contribution < 1.29 is 24.2 Å². The molecule has 1 aromatic carbocycles. The zero-order valence-electron chi connectivity index (χ0n) is 12.1. The quantitative estimate of drug-likeness (QED) is 0.637. The third-order valence-electron chi connectivity index (χ3n) is 2.63. The third kappa shape index (κ3) is 8.65. The Bertz CT molecular complexity index is 444. The fourth-order valence-electron chi connectivity index (χ4n) is 1.57. The summed E-state index contributed by atoms with van der Waals surface area (Å²) in [6.45, 7) is 2.64. The van der Waals surface area contributed by atoms with E-state index in [-0.39, 0.29) is 19.1 Å². The van der Waals surface area contributed by atoms with Crippen molar-refractivity contribution in [2.24, 2.45) is 0 Å². The number of aryl methyl sites for hydroxylation is 1. The summed E-state index contributed by atoms with van der Waals surface area (Å²) in [7, 11) is 0. The van der Waals surface area contributed by atoms with E-state index < -0.39 is 5.97 Å². The summed E-state index contributed by atoms with van der Waals surface area (Å²) in [5.74, 6) is -0.320. The summed E-state index contributed by atoms with van der Waals surface area (Å²) in [6.07, 6.45) is 0.987. The molecule has 0 radical (unpaired) electrons. The first-order valence-corrected chi connectivity index (χ1v) is 6.83. The normalized spacial score (nSPS) is 10.1. The SMILES string of the molecule is Cc1ccc(OCCCC(=O)NCCOCC(=O)O)cc1. The maximum absolute atomic E-state index is 11.5. The number of carboxylic acids is 1. The summed E-state index contributed by atoms with van der Waals surface area (Å²) in [5, 5.41) is 11.0. The molecule has 1 aromatic rings. The van der Waals surface area contributed by atoms with Gasteiger partial charge in [-0.25, -0.2) is 4.79 Å². The van der Waals surface area contributed by atoms with Crippen LogP contribution in [0.2, 0.25) is 0 Å². The van der Waals surface area contributed by atoms with E-state index in [2.05, 4.69) is 5.32 Å². The van der Waals surface area contributed by atoms with Crippen molar-refractivity contribution in [2.45, 2.75) is 19.8 Å². The van der Waals surface area contributed by atoms with Gasteiger partial charge in [-0.05, 0) is 25.5 Å². The lowest BCUT2D eigenvalue weighted by Crippen LogP contribution is -2.28. The number of carboxylic acid groups (broad SMARTS) is 1. The number of rotatable bonds is 10. The van der Waals surface area contributed by atoms with Crippen LogP contribution in [0.4, 0.5) is 0 Å². The van der Waals surface area contributed by atoms with Crippen LogP contribution in [0.1, 0.15) is 18.4 Å². The number of benzene rings is 1. The van der Waals surface area contributed by atoms with Crippen LogP contribution in [0, 0.1) is 6.92 Å². The second-order valence-corrected chi connectivity index (χ2v) is 4.56. The molecule has 0 spiro atoms. The first-order chi connectivity index (χ1) is 10.1. The molecule has 1 rings (SSSR count). The molecule has 0 atom stereocenters. The molecule has 0 saturated heterocycles. The van der Waals surface area contributed by atoms with Gasteiger partial charge in [0, 0.05) is 13.0 Å². The van der Waals surface area contributed by atoms with Crippen molar-refractivity contribution >= 4 is 11.9 Å². The average Bonchev–Trinajstić information content (AvgIpc) is 2.45. The maximum Gasteiger partial charge on any atom is 0.329 e. The van der Waals surface area contributed by atoms with Crippen LogP contribution < -0.4 is 10.1 Å². The number of ether oxygens (including phenoxy) is 2. The molecule has 0 aliphatic heterocycles. The number of carbonyl (C=O) groups is 2. The summed E-state index contributed by atoms with van der Waals surface area (Å²) >= 11 is 0. The smallest absolute Gasteiger partial charge is 0.329 e. The van der Waals surface area contributed by atoms with Gasteiger partial charge in [0.1, 0.15) is 12.4 Å². The van der Waals surface area contributed by atoms with Gasteiger partial charge in [-0.1, -0.05) is 17.7 Å². The molecular weight excluding hydrogens is 274 g/mol. The molecule has 0 aliphatic rings. The van der Waals surface area contributed by atoms with E-state index in [1.165, 1.54) is 5.56 Å². The summed E-state index contributed by atoms with van der Waals surface area (Å²) < 4.78 is 10.3. The monoisotopic (exact) mass is 295 g/mol. The number of amides is 1. The molecule has 1 amide bonds.